The minimum Gasteiger partial charge on any atom is -0.409 e. The van der Waals surface area contributed by atoms with Gasteiger partial charge in [0.15, 0.2) is 8.32 Å². The lowest BCUT2D eigenvalue weighted by molar-refractivity contribution is 0.208. The van der Waals surface area contributed by atoms with Crippen LogP contribution in [-0.4, -0.2) is 13.6 Å². The number of halogens is 1. The van der Waals surface area contributed by atoms with Crippen LogP contribution in [0.2, 0.25) is 18.1 Å². The normalized spacial score (nSPS) is 13.9. The third kappa shape index (κ3) is 4.17. The van der Waals surface area contributed by atoms with E-state index < -0.39 is 8.32 Å². The zero-order chi connectivity index (χ0) is 14.7. The molecule has 1 unspecified atom stereocenters. The Morgan fingerprint density at radius 3 is 2.16 bits per heavy atom. The molecule has 0 bridgehead atoms. The molecule has 0 amide bonds. The van der Waals surface area contributed by atoms with Gasteiger partial charge in [0.25, 0.3) is 0 Å². The Morgan fingerprint density at radius 1 is 1.26 bits per heavy atom. The highest BCUT2D eigenvalue weighted by Gasteiger charge is 2.39. The van der Waals surface area contributed by atoms with E-state index in [1.807, 2.05) is 24.3 Å². The van der Waals surface area contributed by atoms with Gasteiger partial charge in [0.2, 0.25) is 0 Å². The summed E-state index contributed by atoms with van der Waals surface area (Å²) >= 11 is 3.54. The number of nitriles is 1. The van der Waals surface area contributed by atoms with Gasteiger partial charge in [-0.15, -0.1) is 0 Å². The van der Waals surface area contributed by atoms with Gasteiger partial charge in [0, 0.05) is 5.33 Å². The topological polar surface area (TPSA) is 33.0 Å². The third-order valence-corrected chi connectivity index (χ3v) is 8.87. The van der Waals surface area contributed by atoms with Gasteiger partial charge in [0.1, 0.15) is 0 Å². The lowest BCUT2D eigenvalue weighted by atomic mass is 10.1. The molecule has 0 saturated carbocycles. The van der Waals surface area contributed by atoms with Crippen molar-refractivity contribution in [3.8, 4) is 6.07 Å². The molecular weight excluding hydrogens is 318 g/mol. The Kier molecular flexibility index (Phi) is 5.37. The highest BCUT2D eigenvalue weighted by atomic mass is 79.9. The fraction of sp³-hybridized carbons (Fsp3) is 0.533. The van der Waals surface area contributed by atoms with Crippen LogP contribution in [0.25, 0.3) is 0 Å². The van der Waals surface area contributed by atoms with Gasteiger partial charge in [-0.05, 0) is 35.8 Å². The van der Waals surface area contributed by atoms with Crippen molar-refractivity contribution in [1.82, 2.24) is 0 Å². The minimum absolute atomic E-state index is 0.0497. The van der Waals surface area contributed by atoms with Crippen molar-refractivity contribution >= 4 is 24.2 Å². The van der Waals surface area contributed by atoms with Crippen LogP contribution in [0.5, 0.6) is 0 Å². The van der Waals surface area contributed by atoms with E-state index in [1.165, 1.54) is 0 Å². The van der Waals surface area contributed by atoms with Crippen molar-refractivity contribution in [2.45, 2.75) is 45.0 Å². The van der Waals surface area contributed by atoms with Crippen molar-refractivity contribution in [3.63, 3.8) is 0 Å². The maximum absolute atomic E-state index is 8.83. The van der Waals surface area contributed by atoms with Crippen LogP contribution in [0.1, 0.15) is 38.0 Å². The number of alkyl halides is 1. The monoisotopic (exact) mass is 339 g/mol. The molecule has 0 fully saturated rings. The Labute approximate surface area is 126 Å². The fourth-order valence-corrected chi connectivity index (χ4v) is 3.53. The molecule has 0 aliphatic rings. The first-order valence-electron chi connectivity index (χ1n) is 6.45. The molecule has 0 saturated heterocycles. The third-order valence-electron chi connectivity index (χ3n) is 3.79. The smallest absolute Gasteiger partial charge is 0.192 e. The molecule has 0 aliphatic carbocycles. The predicted molar refractivity (Wildman–Crippen MR) is 86.0 cm³/mol. The molecule has 0 heterocycles. The SMILES string of the molecule is CC(C)(C)[Si](C)(C)OC(CBr)c1ccc(C#N)cc1. The van der Waals surface area contributed by atoms with Crippen molar-refractivity contribution in [2.24, 2.45) is 0 Å². The minimum atomic E-state index is -1.79. The molecule has 104 valence electrons. The second kappa shape index (κ2) is 6.21. The molecule has 19 heavy (non-hydrogen) atoms. The summed E-state index contributed by atoms with van der Waals surface area (Å²) in [4.78, 5) is 0. The molecule has 0 aromatic heterocycles. The molecule has 0 N–H and O–H groups in total. The standard InChI is InChI=1S/C15H22BrNOSi/c1-15(2,3)19(4,5)18-14(10-16)13-8-6-12(11-17)7-9-13/h6-9,14H,10H2,1-5H3. The lowest BCUT2D eigenvalue weighted by Crippen LogP contribution is -2.42. The summed E-state index contributed by atoms with van der Waals surface area (Å²) in [7, 11) is -1.79. The van der Waals surface area contributed by atoms with Crippen LogP contribution in [0.4, 0.5) is 0 Å². The van der Waals surface area contributed by atoms with Crippen LogP contribution >= 0.6 is 15.9 Å². The average molecular weight is 340 g/mol. The first-order chi connectivity index (χ1) is 8.71. The lowest BCUT2D eigenvalue weighted by Gasteiger charge is -2.39. The van der Waals surface area contributed by atoms with E-state index in [2.05, 4.69) is 55.9 Å². The Bertz CT molecular complexity index is 457. The van der Waals surface area contributed by atoms with Gasteiger partial charge < -0.3 is 4.43 Å². The van der Waals surface area contributed by atoms with E-state index in [4.69, 9.17) is 9.69 Å². The summed E-state index contributed by atoms with van der Waals surface area (Å²) in [5.74, 6) is 0. The summed E-state index contributed by atoms with van der Waals surface area (Å²) in [5.41, 5.74) is 1.81. The average Bonchev–Trinajstić information content (AvgIpc) is 2.35. The van der Waals surface area contributed by atoms with Crippen LogP contribution < -0.4 is 0 Å². The Balaban J connectivity index is 2.92. The zero-order valence-corrected chi connectivity index (χ0v) is 14.9. The van der Waals surface area contributed by atoms with Crippen LogP contribution in [0.15, 0.2) is 24.3 Å². The molecule has 0 radical (unpaired) electrons. The van der Waals surface area contributed by atoms with E-state index >= 15 is 0 Å². The summed E-state index contributed by atoms with van der Waals surface area (Å²) in [6.45, 7) is 11.2. The number of hydrogen-bond donors (Lipinski definition) is 0. The molecule has 1 aromatic rings. The number of hydrogen-bond acceptors (Lipinski definition) is 2. The molecule has 1 atom stereocenters. The summed E-state index contributed by atoms with van der Waals surface area (Å²) < 4.78 is 6.42. The quantitative estimate of drug-likeness (QED) is 0.570. The van der Waals surface area contributed by atoms with Crippen LogP contribution in [0, 0.1) is 11.3 Å². The first kappa shape index (κ1) is 16.4. The van der Waals surface area contributed by atoms with E-state index in [1.54, 1.807) is 0 Å². The van der Waals surface area contributed by atoms with Gasteiger partial charge in [-0.3, -0.25) is 0 Å². The van der Waals surface area contributed by atoms with Crippen LogP contribution in [-0.2, 0) is 4.43 Å². The van der Waals surface area contributed by atoms with Gasteiger partial charge in [0.05, 0.1) is 17.7 Å². The Hall–Kier alpha value is -0.633. The maximum atomic E-state index is 8.83. The summed E-state index contributed by atoms with van der Waals surface area (Å²) in [5, 5.41) is 9.80. The van der Waals surface area contributed by atoms with Gasteiger partial charge in [-0.25, -0.2) is 0 Å². The number of rotatable bonds is 4. The van der Waals surface area contributed by atoms with Crippen molar-refractivity contribution in [2.75, 3.05) is 5.33 Å². The summed E-state index contributed by atoms with van der Waals surface area (Å²) in [6.07, 6.45) is 0.0497. The van der Waals surface area contributed by atoms with Crippen molar-refractivity contribution in [1.29, 1.82) is 5.26 Å². The maximum Gasteiger partial charge on any atom is 0.192 e. The second-order valence-corrected chi connectivity index (χ2v) is 11.7. The second-order valence-electron chi connectivity index (χ2n) is 6.25. The van der Waals surface area contributed by atoms with Crippen molar-refractivity contribution < 1.29 is 4.43 Å². The molecule has 0 spiro atoms. The highest BCUT2D eigenvalue weighted by molar-refractivity contribution is 9.09. The zero-order valence-electron chi connectivity index (χ0n) is 12.3. The first-order valence-corrected chi connectivity index (χ1v) is 10.5. The molecule has 4 heteroatoms. The van der Waals surface area contributed by atoms with Gasteiger partial charge >= 0.3 is 0 Å². The highest BCUT2D eigenvalue weighted by Crippen LogP contribution is 2.40. The van der Waals surface area contributed by atoms with Crippen LogP contribution in [0.3, 0.4) is 0 Å². The molecule has 2 nitrogen and oxygen atoms in total. The van der Waals surface area contributed by atoms with Crippen molar-refractivity contribution in [3.05, 3.63) is 35.4 Å². The van der Waals surface area contributed by atoms with Gasteiger partial charge in [-0.2, -0.15) is 5.26 Å². The fourth-order valence-electron chi connectivity index (χ4n) is 1.49. The van der Waals surface area contributed by atoms with E-state index in [0.29, 0.717) is 5.56 Å². The largest absolute Gasteiger partial charge is 0.409 e. The molecule has 1 aromatic carbocycles. The summed E-state index contributed by atoms with van der Waals surface area (Å²) in [6, 6.07) is 9.80. The number of benzene rings is 1. The predicted octanol–water partition coefficient (Wildman–Crippen LogP) is 5.02. The van der Waals surface area contributed by atoms with E-state index in [-0.39, 0.29) is 11.1 Å². The van der Waals surface area contributed by atoms with Gasteiger partial charge in [-0.1, -0.05) is 48.8 Å². The molecule has 1 rings (SSSR count). The van der Waals surface area contributed by atoms with E-state index in [9.17, 15) is 0 Å². The number of nitrogens with zero attached hydrogens (tertiary/aromatic N) is 1. The molecular formula is C15H22BrNOSi. The van der Waals surface area contributed by atoms with E-state index in [0.717, 1.165) is 10.9 Å². The molecule has 0 aliphatic heterocycles. The Morgan fingerprint density at radius 2 is 1.79 bits per heavy atom.